The topological polar surface area (TPSA) is 49.4 Å². The number of halogens is 1. The number of nitrogens with zero attached hydrogens (tertiary/aromatic N) is 1. The number of nitrogens with one attached hydrogen (secondary N) is 1. The van der Waals surface area contributed by atoms with Gasteiger partial charge in [-0.05, 0) is 12.3 Å². The Morgan fingerprint density at radius 1 is 1.62 bits per heavy atom. The molecule has 1 unspecified atom stereocenters. The largest absolute Gasteiger partial charge is 0.279 e. The molecule has 1 aliphatic heterocycles. The Labute approximate surface area is 88.0 Å². The Balaban J connectivity index is 2.56. The predicted molar refractivity (Wildman–Crippen MR) is 56.1 cm³/mol. The molecule has 0 saturated carbocycles. The number of hydrogen-bond donors (Lipinski definition) is 1. The van der Waals surface area contributed by atoms with Crippen LogP contribution in [-0.2, 0) is 10.2 Å². The maximum atomic E-state index is 11.4. The summed E-state index contributed by atoms with van der Waals surface area (Å²) >= 11 is 3.34. The number of hydrogen-bond acceptors (Lipinski definition) is 2. The van der Waals surface area contributed by atoms with E-state index in [1.165, 1.54) is 4.31 Å². The minimum atomic E-state index is -3.17. The Morgan fingerprint density at radius 2 is 2.31 bits per heavy atom. The highest BCUT2D eigenvalue weighted by molar-refractivity contribution is 9.09. The molecule has 0 aromatic rings. The summed E-state index contributed by atoms with van der Waals surface area (Å²) in [5.41, 5.74) is 0. The second-order valence-corrected chi connectivity index (χ2v) is 5.77. The van der Waals surface area contributed by atoms with E-state index >= 15 is 0 Å². The van der Waals surface area contributed by atoms with Gasteiger partial charge in [-0.15, -0.1) is 0 Å². The van der Waals surface area contributed by atoms with Crippen molar-refractivity contribution >= 4 is 26.1 Å². The molecule has 6 heteroatoms. The fourth-order valence-electron chi connectivity index (χ4n) is 1.25. The standard InChI is InChI=1S/C7H15BrN2O2S/c1-7(5-8)6-10-4-2-3-9-13(10,11)12/h7,9H,2-6H2,1H3. The Morgan fingerprint density at radius 3 is 2.85 bits per heavy atom. The van der Waals surface area contributed by atoms with Gasteiger partial charge in [0.1, 0.15) is 0 Å². The Hall–Kier alpha value is 0.350. The van der Waals surface area contributed by atoms with Crippen LogP contribution in [0.2, 0.25) is 0 Å². The molecule has 0 aromatic heterocycles. The van der Waals surface area contributed by atoms with Crippen LogP contribution in [0.1, 0.15) is 13.3 Å². The van der Waals surface area contributed by atoms with Crippen molar-refractivity contribution in [2.45, 2.75) is 13.3 Å². The van der Waals surface area contributed by atoms with Crippen molar-refractivity contribution in [3.05, 3.63) is 0 Å². The lowest BCUT2D eigenvalue weighted by Gasteiger charge is -2.28. The summed E-state index contributed by atoms with van der Waals surface area (Å²) in [5.74, 6) is 0.356. The van der Waals surface area contributed by atoms with Gasteiger partial charge < -0.3 is 0 Å². The summed E-state index contributed by atoms with van der Waals surface area (Å²) in [6, 6.07) is 0. The lowest BCUT2D eigenvalue weighted by atomic mass is 10.2. The maximum absolute atomic E-state index is 11.4. The number of rotatable bonds is 3. The molecule has 0 aliphatic carbocycles. The summed E-state index contributed by atoms with van der Waals surface area (Å²) in [6.45, 7) is 3.84. The third-order valence-corrected chi connectivity index (χ3v) is 4.67. The predicted octanol–water partition coefficient (Wildman–Crippen LogP) is 0.558. The molecule has 1 fully saturated rings. The molecule has 1 aliphatic rings. The van der Waals surface area contributed by atoms with Crippen molar-refractivity contribution in [2.75, 3.05) is 25.0 Å². The van der Waals surface area contributed by atoms with Crippen LogP contribution in [0.3, 0.4) is 0 Å². The van der Waals surface area contributed by atoms with Gasteiger partial charge in [-0.1, -0.05) is 22.9 Å². The van der Waals surface area contributed by atoms with E-state index in [9.17, 15) is 8.42 Å². The van der Waals surface area contributed by atoms with Crippen LogP contribution in [-0.4, -0.2) is 37.7 Å². The van der Waals surface area contributed by atoms with Gasteiger partial charge >= 0.3 is 0 Å². The van der Waals surface area contributed by atoms with Gasteiger partial charge in [0.05, 0.1) is 0 Å². The SMILES string of the molecule is CC(CBr)CN1CCCNS1(=O)=O. The van der Waals surface area contributed by atoms with E-state index in [1.807, 2.05) is 6.92 Å². The third kappa shape index (κ3) is 3.19. The van der Waals surface area contributed by atoms with Crippen molar-refractivity contribution in [1.29, 1.82) is 0 Å². The van der Waals surface area contributed by atoms with Crippen molar-refractivity contribution in [3.8, 4) is 0 Å². The van der Waals surface area contributed by atoms with Crippen molar-refractivity contribution < 1.29 is 8.42 Å². The minimum absolute atomic E-state index is 0.356. The third-order valence-electron chi connectivity index (χ3n) is 1.99. The van der Waals surface area contributed by atoms with Crippen LogP contribution in [0.25, 0.3) is 0 Å². The van der Waals surface area contributed by atoms with Gasteiger partial charge in [-0.2, -0.15) is 12.7 Å². The molecule has 0 amide bonds. The summed E-state index contributed by atoms with van der Waals surface area (Å²) in [7, 11) is -3.17. The van der Waals surface area contributed by atoms with Crippen molar-refractivity contribution in [3.63, 3.8) is 0 Å². The molecule has 0 aromatic carbocycles. The maximum Gasteiger partial charge on any atom is 0.279 e. The molecule has 13 heavy (non-hydrogen) atoms. The summed E-state index contributed by atoms with van der Waals surface area (Å²) < 4.78 is 26.9. The molecule has 1 saturated heterocycles. The zero-order valence-corrected chi connectivity index (χ0v) is 10.1. The fourth-order valence-corrected chi connectivity index (χ4v) is 2.86. The first-order valence-corrected chi connectivity index (χ1v) is 6.93. The molecule has 4 nitrogen and oxygen atoms in total. The lowest BCUT2D eigenvalue weighted by molar-refractivity contribution is 0.342. The van der Waals surface area contributed by atoms with E-state index in [0.717, 1.165) is 11.8 Å². The van der Waals surface area contributed by atoms with E-state index < -0.39 is 10.2 Å². The molecule has 78 valence electrons. The normalized spacial score (nSPS) is 25.7. The quantitative estimate of drug-likeness (QED) is 0.762. The second kappa shape index (κ2) is 4.72. The minimum Gasteiger partial charge on any atom is -0.202 e. The first-order chi connectivity index (χ1) is 6.06. The molecule has 0 bridgehead atoms. The highest BCUT2D eigenvalue weighted by Gasteiger charge is 2.25. The van der Waals surface area contributed by atoms with Gasteiger partial charge in [0, 0.05) is 25.0 Å². The zero-order chi connectivity index (χ0) is 9.90. The van der Waals surface area contributed by atoms with Gasteiger partial charge in [-0.25, -0.2) is 4.72 Å². The first kappa shape index (κ1) is 11.4. The van der Waals surface area contributed by atoms with Crippen LogP contribution in [0.5, 0.6) is 0 Å². The van der Waals surface area contributed by atoms with Crippen molar-refractivity contribution in [2.24, 2.45) is 5.92 Å². The lowest BCUT2D eigenvalue weighted by Crippen LogP contribution is -2.48. The second-order valence-electron chi connectivity index (χ2n) is 3.37. The van der Waals surface area contributed by atoms with Crippen molar-refractivity contribution in [1.82, 2.24) is 9.03 Å². The van der Waals surface area contributed by atoms with E-state index in [1.54, 1.807) is 0 Å². The van der Waals surface area contributed by atoms with E-state index in [0.29, 0.717) is 25.6 Å². The van der Waals surface area contributed by atoms with Crippen LogP contribution in [0.4, 0.5) is 0 Å². The fraction of sp³-hybridized carbons (Fsp3) is 1.00. The Bertz CT molecular complexity index is 255. The van der Waals surface area contributed by atoms with E-state index in [-0.39, 0.29) is 0 Å². The molecular weight excluding hydrogens is 256 g/mol. The van der Waals surface area contributed by atoms with Gasteiger partial charge in [0.15, 0.2) is 0 Å². The zero-order valence-electron chi connectivity index (χ0n) is 7.66. The molecule has 1 heterocycles. The monoisotopic (exact) mass is 270 g/mol. The van der Waals surface area contributed by atoms with Crippen LogP contribution in [0.15, 0.2) is 0 Å². The summed E-state index contributed by atoms with van der Waals surface area (Å²) in [6.07, 6.45) is 0.897. The molecule has 1 N–H and O–H groups in total. The molecular formula is C7H15BrN2O2S. The molecule has 0 spiro atoms. The highest BCUT2D eigenvalue weighted by atomic mass is 79.9. The van der Waals surface area contributed by atoms with Gasteiger partial charge in [-0.3, -0.25) is 0 Å². The van der Waals surface area contributed by atoms with Crippen LogP contribution < -0.4 is 4.72 Å². The average Bonchev–Trinajstić information content (AvgIpc) is 2.08. The van der Waals surface area contributed by atoms with E-state index in [4.69, 9.17) is 0 Å². The molecule has 0 radical (unpaired) electrons. The average molecular weight is 271 g/mol. The van der Waals surface area contributed by atoms with Crippen LogP contribution in [0, 0.1) is 5.92 Å². The highest BCUT2D eigenvalue weighted by Crippen LogP contribution is 2.10. The van der Waals surface area contributed by atoms with Gasteiger partial charge in [0.2, 0.25) is 0 Å². The molecule has 1 rings (SSSR count). The number of alkyl halides is 1. The summed E-state index contributed by atoms with van der Waals surface area (Å²) in [4.78, 5) is 0. The Kier molecular flexibility index (Phi) is 4.15. The first-order valence-electron chi connectivity index (χ1n) is 4.37. The van der Waals surface area contributed by atoms with Gasteiger partial charge in [0.25, 0.3) is 10.2 Å². The van der Waals surface area contributed by atoms with Crippen LogP contribution >= 0.6 is 15.9 Å². The van der Waals surface area contributed by atoms with E-state index in [2.05, 4.69) is 20.7 Å². The molecule has 1 atom stereocenters. The smallest absolute Gasteiger partial charge is 0.202 e. The summed E-state index contributed by atoms with van der Waals surface area (Å²) in [5, 5.41) is 0.832.